The van der Waals surface area contributed by atoms with Gasteiger partial charge in [0.1, 0.15) is 17.4 Å². The molecule has 0 unspecified atom stereocenters. The third kappa shape index (κ3) is 4.13. The van der Waals surface area contributed by atoms with E-state index < -0.39 is 0 Å². The molecule has 0 saturated heterocycles. The van der Waals surface area contributed by atoms with Crippen molar-refractivity contribution in [1.82, 2.24) is 14.8 Å². The number of thioether (sulfide) groups is 1. The summed E-state index contributed by atoms with van der Waals surface area (Å²) in [5.74, 6) is 0.984. The van der Waals surface area contributed by atoms with Crippen molar-refractivity contribution in [3.63, 3.8) is 0 Å². The van der Waals surface area contributed by atoms with Gasteiger partial charge in [0, 0.05) is 12.2 Å². The molecule has 0 aliphatic rings. The maximum absolute atomic E-state index is 12.2. The van der Waals surface area contributed by atoms with E-state index in [2.05, 4.69) is 16.8 Å². The molecule has 8 heteroatoms. The van der Waals surface area contributed by atoms with E-state index >= 15 is 0 Å². The Balaban J connectivity index is 2.33. The van der Waals surface area contributed by atoms with E-state index in [1.165, 1.54) is 18.7 Å². The summed E-state index contributed by atoms with van der Waals surface area (Å²) in [4.78, 5) is 12.2. The zero-order valence-corrected chi connectivity index (χ0v) is 15.4. The molecular formula is C18H19N5O2S. The molecular weight excluding hydrogens is 350 g/mol. The van der Waals surface area contributed by atoms with Gasteiger partial charge in [-0.25, -0.2) is 0 Å². The van der Waals surface area contributed by atoms with Crippen molar-refractivity contribution < 1.29 is 9.53 Å². The van der Waals surface area contributed by atoms with Gasteiger partial charge in [0.2, 0.25) is 0 Å². The summed E-state index contributed by atoms with van der Waals surface area (Å²) < 4.78 is 7.23. The summed E-state index contributed by atoms with van der Waals surface area (Å²) in [6.07, 6.45) is 1.72. The molecule has 0 aliphatic carbocycles. The van der Waals surface area contributed by atoms with Gasteiger partial charge in [-0.3, -0.25) is 9.36 Å². The van der Waals surface area contributed by atoms with Crippen molar-refractivity contribution in [2.45, 2.75) is 18.6 Å². The predicted molar refractivity (Wildman–Crippen MR) is 100 cm³/mol. The number of hydrogen-bond acceptors (Lipinski definition) is 7. The third-order valence-electron chi connectivity index (χ3n) is 3.49. The number of nitriles is 1. The molecule has 1 heterocycles. The molecule has 0 saturated carbocycles. The molecule has 134 valence electrons. The van der Waals surface area contributed by atoms with Gasteiger partial charge in [-0.05, 0) is 19.1 Å². The number of Topliss-reactive ketones (excluding diaryl/α,β-unsaturated/α-hetero) is 1. The SMILES string of the molecule is C=CCn1c(SCC(=O)/C(C#N)=C(/C)N)nnc1-c1ccccc1OC. The van der Waals surface area contributed by atoms with E-state index in [1.54, 1.807) is 13.2 Å². The Labute approximate surface area is 156 Å². The van der Waals surface area contributed by atoms with Crippen LogP contribution in [0.1, 0.15) is 6.92 Å². The maximum Gasteiger partial charge on any atom is 0.192 e. The molecule has 26 heavy (non-hydrogen) atoms. The number of nitrogens with zero attached hydrogens (tertiary/aromatic N) is 4. The molecule has 7 nitrogen and oxygen atoms in total. The Hall–Kier alpha value is -3.05. The normalized spacial score (nSPS) is 11.4. The number of ether oxygens (including phenoxy) is 1. The van der Waals surface area contributed by atoms with Crippen molar-refractivity contribution in [1.29, 1.82) is 5.26 Å². The largest absolute Gasteiger partial charge is 0.496 e. The molecule has 2 rings (SSSR count). The van der Waals surface area contributed by atoms with Gasteiger partial charge in [0.15, 0.2) is 16.8 Å². The highest BCUT2D eigenvalue weighted by Gasteiger charge is 2.19. The van der Waals surface area contributed by atoms with Crippen molar-refractivity contribution >= 4 is 17.5 Å². The number of methoxy groups -OCH3 is 1. The first kappa shape index (κ1) is 19.3. The fourth-order valence-electron chi connectivity index (χ4n) is 2.29. The number of para-hydroxylation sites is 1. The van der Waals surface area contributed by atoms with Gasteiger partial charge in [0.25, 0.3) is 0 Å². The summed E-state index contributed by atoms with van der Waals surface area (Å²) in [5, 5.41) is 18.0. The van der Waals surface area contributed by atoms with E-state index in [1.807, 2.05) is 34.9 Å². The van der Waals surface area contributed by atoms with Crippen LogP contribution in [0, 0.1) is 11.3 Å². The quantitative estimate of drug-likeness (QED) is 0.330. The Kier molecular flexibility index (Phi) is 6.58. The molecule has 0 spiro atoms. The fourth-order valence-corrected chi connectivity index (χ4v) is 3.11. The molecule has 0 radical (unpaired) electrons. The van der Waals surface area contributed by atoms with Crippen LogP contribution in [0.2, 0.25) is 0 Å². The van der Waals surface area contributed by atoms with Crippen LogP contribution in [0.25, 0.3) is 11.4 Å². The third-order valence-corrected chi connectivity index (χ3v) is 4.46. The van der Waals surface area contributed by atoms with Crippen molar-refractivity contribution in [3.8, 4) is 23.2 Å². The summed E-state index contributed by atoms with van der Waals surface area (Å²) >= 11 is 1.20. The Morgan fingerprint density at radius 1 is 1.46 bits per heavy atom. The van der Waals surface area contributed by atoms with Crippen LogP contribution in [0.4, 0.5) is 0 Å². The summed E-state index contributed by atoms with van der Waals surface area (Å²) in [7, 11) is 1.59. The molecule has 0 aliphatic heterocycles. The predicted octanol–water partition coefficient (Wildman–Crippen LogP) is 2.56. The van der Waals surface area contributed by atoms with Crippen molar-refractivity contribution in [2.24, 2.45) is 5.73 Å². The first-order chi connectivity index (χ1) is 12.5. The van der Waals surface area contributed by atoms with Gasteiger partial charge >= 0.3 is 0 Å². The number of allylic oxidation sites excluding steroid dienone is 3. The van der Waals surface area contributed by atoms with E-state index in [4.69, 9.17) is 15.7 Å². The minimum absolute atomic E-state index is 0.0303. The monoisotopic (exact) mass is 369 g/mol. The van der Waals surface area contributed by atoms with Gasteiger partial charge in [-0.2, -0.15) is 5.26 Å². The number of hydrogen-bond donors (Lipinski definition) is 1. The number of carbonyl (C=O) groups is 1. The van der Waals surface area contributed by atoms with Crippen LogP contribution in [-0.2, 0) is 11.3 Å². The molecule has 0 atom stereocenters. The lowest BCUT2D eigenvalue weighted by Gasteiger charge is -2.10. The highest BCUT2D eigenvalue weighted by molar-refractivity contribution is 7.99. The van der Waals surface area contributed by atoms with E-state index in [0.717, 1.165) is 5.56 Å². The van der Waals surface area contributed by atoms with Crippen LogP contribution in [0.5, 0.6) is 5.75 Å². The number of carbonyl (C=O) groups excluding carboxylic acids is 1. The smallest absolute Gasteiger partial charge is 0.192 e. The number of nitrogens with two attached hydrogens (primary N) is 1. The molecule has 1 aromatic heterocycles. The number of benzene rings is 1. The second-order valence-corrected chi connectivity index (χ2v) is 6.23. The first-order valence-electron chi connectivity index (χ1n) is 7.73. The van der Waals surface area contributed by atoms with Gasteiger partial charge in [-0.1, -0.05) is 30.0 Å². The average Bonchev–Trinajstić information content (AvgIpc) is 3.03. The summed E-state index contributed by atoms with van der Waals surface area (Å²) in [6.45, 7) is 5.76. The lowest BCUT2D eigenvalue weighted by molar-refractivity contribution is -0.112. The lowest BCUT2D eigenvalue weighted by atomic mass is 10.2. The lowest BCUT2D eigenvalue weighted by Crippen LogP contribution is -2.11. The molecule has 0 fully saturated rings. The summed E-state index contributed by atoms with van der Waals surface area (Å²) in [6, 6.07) is 9.32. The standard InChI is InChI=1S/C18H19N5O2S/c1-4-9-23-17(13-7-5-6-8-16(13)25-3)21-22-18(23)26-11-15(24)14(10-19)12(2)20/h4-8H,1,9,11,20H2,2-3H3/b14-12-. The minimum Gasteiger partial charge on any atom is -0.496 e. The highest BCUT2D eigenvalue weighted by Crippen LogP contribution is 2.31. The second kappa shape index (κ2) is 8.87. The van der Waals surface area contributed by atoms with Crippen LogP contribution in [0.15, 0.2) is 53.3 Å². The summed E-state index contributed by atoms with van der Waals surface area (Å²) in [5.41, 5.74) is 6.54. The second-order valence-electron chi connectivity index (χ2n) is 5.29. The van der Waals surface area contributed by atoms with Crippen molar-refractivity contribution in [3.05, 3.63) is 48.2 Å². The Bertz CT molecular complexity index is 891. The van der Waals surface area contributed by atoms with E-state index in [0.29, 0.717) is 23.3 Å². The maximum atomic E-state index is 12.2. The van der Waals surface area contributed by atoms with Gasteiger partial charge in [-0.15, -0.1) is 16.8 Å². The first-order valence-corrected chi connectivity index (χ1v) is 8.72. The molecule has 0 amide bonds. The zero-order valence-electron chi connectivity index (χ0n) is 14.6. The van der Waals surface area contributed by atoms with Crippen LogP contribution in [-0.4, -0.2) is 33.4 Å². The highest BCUT2D eigenvalue weighted by atomic mass is 32.2. The minimum atomic E-state index is -0.343. The Morgan fingerprint density at radius 2 is 2.19 bits per heavy atom. The number of rotatable bonds is 8. The van der Waals surface area contributed by atoms with Crippen molar-refractivity contribution in [2.75, 3.05) is 12.9 Å². The number of aromatic nitrogens is 3. The molecule has 2 N–H and O–H groups in total. The topological polar surface area (TPSA) is 107 Å². The average molecular weight is 369 g/mol. The van der Waals surface area contributed by atoms with Crippen LogP contribution < -0.4 is 10.5 Å². The van der Waals surface area contributed by atoms with Gasteiger partial charge in [0.05, 0.1) is 18.4 Å². The number of ketones is 1. The van der Waals surface area contributed by atoms with Crippen LogP contribution in [0.3, 0.4) is 0 Å². The van der Waals surface area contributed by atoms with Crippen LogP contribution >= 0.6 is 11.8 Å². The van der Waals surface area contributed by atoms with E-state index in [-0.39, 0.29) is 22.8 Å². The zero-order chi connectivity index (χ0) is 19.1. The Morgan fingerprint density at radius 3 is 2.81 bits per heavy atom. The van der Waals surface area contributed by atoms with Gasteiger partial charge < -0.3 is 10.5 Å². The molecule has 0 bridgehead atoms. The molecule has 2 aromatic rings. The fraction of sp³-hybridized carbons (Fsp3) is 0.222. The van der Waals surface area contributed by atoms with E-state index in [9.17, 15) is 4.79 Å². The molecule has 1 aromatic carbocycles.